The molecule has 0 saturated heterocycles. The molecule has 0 bridgehead atoms. The van der Waals surface area contributed by atoms with Gasteiger partial charge in [-0.15, -0.1) is 22.9 Å². The molecule has 0 saturated carbocycles. The molecule has 1 aromatic heterocycles. The van der Waals surface area contributed by atoms with Crippen molar-refractivity contribution < 1.29 is 4.79 Å². The fourth-order valence-electron chi connectivity index (χ4n) is 2.08. The van der Waals surface area contributed by atoms with Gasteiger partial charge >= 0.3 is 0 Å². The minimum atomic E-state index is -0.626. The first-order valence-corrected chi connectivity index (χ1v) is 7.28. The van der Waals surface area contributed by atoms with Gasteiger partial charge in [-0.3, -0.25) is 4.79 Å². The van der Waals surface area contributed by atoms with E-state index in [1.54, 1.807) is 11.3 Å². The fraction of sp³-hybridized carbons (Fsp3) is 0.0625. The van der Waals surface area contributed by atoms with Gasteiger partial charge in [0.2, 0.25) is 0 Å². The Labute approximate surface area is 120 Å². The summed E-state index contributed by atoms with van der Waals surface area (Å²) in [6, 6.07) is 17.4. The van der Waals surface area contributed by atoms with Gasteiger partial charge in [-0.2, -0.15) is 0 Å². The topological polar surface area (TPSA) is 17.1 Å². The highest BCUT2D eigenvalue weighted by Crippen LogP contribution is 2.32. The standard InChI is InChI=1S/C16H11ClOS/c17-15(11-6-2-1-3-7-11)16(18)13-10-19-14-9-5-4-8-12(13)14/h1-10,15H. The van der Waals surface area contributed by atoms with Crippen LogP contribution in [0.25, 0.3) is 10.1 Å². The number of Topliss-reactive ketones (excluding diaryl/α,β-unsaturated/α-hetero) is 1. The molecule has 3 rings (SSSR count). The van der Waals surface area contributed by atoms with Gasteiger partial charge in [-0.25, -0.2) is 0 Å². The third-order valence-electron chi connectivity index (χ3n) is 3.07. The molecule has 0 fully saturated rings. The van der Waals surface area contributed by atoms with Crippen LogP contribution in [0.15, 0.2) is 60.0 Å². The Hall–Kier alpha value is -1.64. The zero-order valence-electron chi connectivity index (χ0n) is 10.0. The number of halogens is 1. The number of hydrogen-bond donors (Lipinski definition) is 0. The van der Waals surface area contributed by atoms with E-state index in [0.717, 1.165) is 15.6 Å². The summed E-state index contributed by atoms with van der Waals surface area (Å²) in [7, 11) is 0. The van der Waals surface area contributed by atoms with Gasteiger partial charge in [-0.05, 0) is 11.6 Å². The quantitative estimate of drug-likeness (QED) is 0.485. The molecule has 3 aromatic rings. The molecule has 0 radical (unpaired) electrons. The second-order valence-electron chi connectivity index (χ2n) is 4.28. The molecule has 0 spiro atoms. The van der Waals surface area contributed by atoms with Crippen molar-refractivity contribution in [3.05, 3.63) is 71.1 Å². The molecule has 1 heterocycles. The zero-order chi connectivity index (χ0) is 13.2. The first kappa shape index (κ1) is 12.4. The second kappa shape index (κ2) is 5.16. The first-order chi connectivity index (χ1) is 9.27. The molecule has 0 aliphatic heterocycles. The van der Waals surface area contributed by atoms with E-state index in [1.807, 2.05) is 60.0 Å². The lowest BCUT2D eigenvalue weighted by molar-refractivity contribution is 0.0989. The van der Waals surface area contributed by atoms with Crippen molar-refractivity contribution in [2.24, 2.45) is 0 Å². The Kier molecular flexibility index (Phi) is 3.36. The smallest absolute Gasteiger partial charge is 0.186 e. The zero-order valence-corrected chi connectivity index (χ0v) is 11.6. The Morgan fingerprint density at radius 2 is 1.68 bits per heavy atom. The average Bonchev–Trinajstić information content (AvgIpc) is 2.90. The summed E-state index contributed by atoms with van der Waals surface area (Å²) in [5.41, 5.74) is 1.55. The SMILES string of the molecule is O=C(c1csc2ccccc12)C(Cl)c1ccccc1. The Balaban J connectivity index is 2.00. The number of fused-ring (bicyclic) bond motifs is 1. The van der Waals surface area contributed by atoms with Gasteiger partial charge in [-0.1, -0.05) is 48.5 Å². The Morgan fingerprint density at radius 3 is 2.47 bits per heavy atom. The predicted molar refractivity (Wildman–Crippen MR) is 81.2 cm³/mol. The molecule has 3 heteroatoms. The lowest BCUT2D eigenvalue weighted by atomic mass is 10.0. The normalized spacial score (nSPS) is 12.5. The highest BCUT2D eigenvalue weighted by Gasteiger charge is 2.21. The van der Waals surface area contributed by atoms with Crippen LogP contribution in [-0.4, -0.2) is 5.78 Å². The van der Waals surface area contributed by atoms with Crippen molar-refractivity contribution in [3.63, 3.8) is 0 Å². The number of alkyl halides is 1. The molecule has 2 aromatic carbocycles. The van der Waals surface area contributed by atoms with Crippen LogP contribution in [0.1, 0.15) is 21.3 Å². The molecule has 1 unspecified atom stereocenters. The monoisotopic (exact) mass is 286 g/mol. The number of hydrogen-bond acceptors (Lipinski definition) is 2. The van der Waals surface area contributed by atoms with Crippen LogP contribution in [0, 0.1) is 0 Å². The molecule has 0 N–H and O–H groups in total. The summed E-state index contributed by atoms with van der Waals surface area (Å²) in [6.07, 6.45) is 0. The molecular formula is C16H11ClOS. The lowest BCUT2D eigenvalue weighted by Gasteiger charge is -2.08. The highest BCUT2D eigenvalue weighted by molar-refractivity contribution is 7.17. The maximum Gasteiger partial charge on any atom is 0.186 e. The van der Waals surface area contributed by atoms with Gasteiger partial charge in [0.1, 0.15) is 5.38 Å². The number of ketones is 1. The highest BCUT2D eigenvalue weighted by atomic mass is 35.5. The van der Waals surface area contributed by atoms with Crippen LogP contribution >= 0.6 is 22.9 Å². The Bertz CT molecular complexity index is 718. The van der Waals surface area contributed by atoms with E-state index in [9.17, 15) is 4.79 Å². The van der Waals surface area contributed by atoms with E-state index in [-0.39, 0.29) is 5.78 Å². The summed E-state index contributed by atoms with van der Waals surface area (Å²) in [5.74, 6) is -0.0367. The van der Waals surface area contributed by atoms with Gasteiger partial charge < -0.3 is 0 Å². The molecule has 0 aliphatic carbocycles. The number of thiophene rings is 1. The van der Waals surface area contributed by atoms with E-state index in [1.165, 1.54) is 0 Å². The van der Waals surface area contributed by atoms with Crippen molar-refractivity contribution >= 4 is 38.8 Å². The summed E-state index contributed by atoms with van der Waals surface area (Å²) in [5, 5.41) is 2.25. The number of carbonyl (C=O) groups excluding carboxylic acids is 1. The van der Waals surface area contributed by atoms with Crippen molar-refractivity contribution in [1.82, 2.24) is 0 Å². The van der Waals surface area contributed by atoms with E-state index in [4.69, 9.17) is 11.6 Å². The third-order valence-corrected chi connectivity index (χ3v) is 4.48. The average molecular weight is 287 g/mol. The maximum absolute atomic E-state index is 12.5. The van der Waals surface area contributed by atoms with Crippen LogP contribution in [0.5, 0.6) is 0 Å². The molecule has 1 nitrogen and oxygen atoms in total. The van der Waals surface area contributed by atoms with Gasteiger partial charge in [0, 0.05) is 21.0 Å². The van der Waals surface area contributed by atoms with E-state index in [2.05, 4.69) is 0 Å². The number of benzene rings is 2. The van der Waals surface area contributed by atoms with Crippen molar-refractivity contribution in [2.75, 3.05) is 0 Å². The van der Waals surface area contributed by atoms with Crippen LogP contribution < -0.4 is 0 Å². The molecular weight excluding hydrogens is 276 g/mol. The van der Waals surface area contributed by atoms with E-state index < -0.39 is 5.38 Å². The van der Waals surface area contributed by atoms with Crippen LogP contribution in [0.4, 0.5) is 0 Å². The molecule has 19 heavy (non-hydrogen) atoms. The van der Waals surface area contributed by atoms with Crippen molar-refractivity contribution in [3.8, 4) is 0 Å². The molecule has 1 atom stereocenters. The third kappa shape index (κ3) is 2.29. The van der Waals surface area contributed by atoms with Crippen molar-refractivity contribution in [2.45, 2.75) is 5.38 Å². The van der Waals surface area contributed by atoms with E-state index in [0.29, 0.717) is 5.56 Å². The predicted octanol–water partition coefficient (Wildman–Crippen LogP) is 5.06. The number of rotatable bonds is 3. The minimum Gasteiger partial charge on any atom is -0.292 e. The lowest BCUT2D eigenvalue weighted by Crippen LogP contribution is -2.06. The molecule has 0 aliphatic rings. The molecule has 0 amide bonds. The molecule has 94 valence electrons. The second-order valence-corrected chi connectivity index (χ2v) is 5.63. The maximum atomic E-state index is 12.5. The minimum absolute atomic E-state index is 0.0367. The summed E-state index contributed by atoms with van der Waals surface area (Å²) in [4.78, 5) is 12.5. The van der Waals surface area contributed by atoms with Crippen LogP contribution in [0.3, 0.4) is 0 Å². The van der Waals surface area contributed by atoms with Gasteiger partial charge in [0.15, 0.2) is 5.78 Å². The van der Waals surface area contributed by atoms with Gasteiger partial charge in [0.05, 0.1) is 0 Å². The van der Waals surface area contributed by atoms with Crippen LogP contribution in [-0.2, 0) is 0 Å². The van der Waals surface area contributed by atoms with Crippen LogP contribution in [0.2, 0.25) is 0 Å². The Morgan fingerprint density at radius 1 is 1.00 bits per heavy atom. The largest absolute Gasteiger partial charge is 0.292 e. The first-order valence-electron chi connectivity index (χ1n) is 5.97. The fourth-order valence-corrected chi connectivity index (χ4v) is 3.29. The number of carbonyl (C=O) groups is 1. The van der Waals surface area contributed by atoms with Crippen molar-refractivity contribution in [1.29, 1.82) is 0 Å². The van der Waals surface area contributed by atoms with E-state index >= 15 is 0 Å². The van der Waals surface area contributed by atoms with Gasteiger partial charge in [0.25, 0.3) is 0 Å². The summed E-state index contributed by atoms with van der Waals surface area (Å²) < 4.78 is 1.11. The summed E-state index contributed by atoms with van der Waals surface area (Å²) in [6.45, 7) is 0. The summed E-state index contributed by atoms with van der Waals surface area (Å²) >= 11 is 7.88.